The van der Waals surface area contributed by atoms with Gasteiger partial charge >= 0.3 is 5.69 Å². The van der Waals surface area contributed by atoms with E-state index in [-0.39, 0.29) is 11.7 Å². The van der Waals surface area contributed by atoms with Crippen LogP contribution < -0.4 is 10.6 Å². The van der Waals surface area contributed by atoms with Gasteiger partial charge in [-0.25, -0.2) is 4.98 Å². The van der Waals surface area contributed by atoms with Crippen LogP contribution in [0.4, 0.5) is 17.5 Å². The number of aromatic nitrogens is 2. The summed E-state index contributed by atoms with van der Waals surface area (Å²) in [6.07, 6.45) is 6.91. The minimum Gasteiger partial charge on any atom is -0.361 e. The molecule has 7 nitrogen and oxygen atoms in total. The van der Waals surface area contributed by atoms with E-state index >= 15 is 0 Å². The Kier molecular flexibility index (Phi) is 4.48. The van der Waals surface area contributed by atoms with Crippen molar-refractivity contribution in [1.29, 1.82) is 0 Å². The number of hydrogen-bond donors (Lipinski definition) is 2. The van der Waals surface area contributed by atoms with Crippen LogP contribution in [0.2, 0.25) is 0 Å². The van der Waals surface area contributed by atoms with Crippen LogP contribution in [0.3, 0.4) is 0 Å². The van der Waals surface area contributed by atoms with Gasteiger partial charge in [-0.2, -0.15) is 4.98 Å². The molecule has 0 amide bonds. The molecule has 1 aliphatic carbocycles. The van der Waals surface area contributed by atoms with Gasteiger partial charge in [0.2, 0.25) is 11.8 Å². The Balaban J connectivity index is 2.18. The first-order chi connectivity index (χ1) is 9.20. The first-order valence-corrected chi connectivity index (χ1v) is 6.72. The normalized spacial score (nSPS) is 16.1. The molecule has 1 fully saturated rings. The smallest absolute Gasteiger partial charge is 0.329 e. The molecule has 104 valence electrons. The van der Waals surface area contributed by atoms with Gasteiger partial charge in [0.05, 0.1) is 4.92 Å². The fourth-order valence-corrected chi connectivity index (χ4v) is 2.30. The van der Waals surface area contributed by atoms with Crippen molar-refractivity contribution in [2.45, 2.75) is 45.1 Å². The van der Waals surface area contributed by atoms with Crippen molar-refractivity contribution in [1.82, 2.24) is 9.97 Å². The van der Waals surface area contributed by atoms with E-state index in [2.05, 4.69) is 20.6 Å². The first kappa shape index (κ1) is 13.5. The molecule has 1 saturated carbocycles. The molecule has 19 heavy (non-hydrogen) atoms. The first-order valence-electron chi connectivity index (χ1n) is 6.72. The summed E-state index contributed by atoms with van der Waals surface area (Å²) in [7, 11) is 0. The van der Waals surface area contributed by atoms with Gasteiger partial charge in [-0.1, -0.05) is 19.3 Å². The second-order valence-corrected chi connectivity index (χ2v) is 4.69. The van der Waals surface area contributed by atoms with E-state index in [0.29, 0.717) is 18.3 Å². The van der Waals surface area contributed by atoms with Crippen LogP contribution in [0.5, 0.6) is 0 Å². The molecule has 0 unspecified atom stereocenters. The Morgan fingerprint density at radius 3 is 2.79 bits per heavy atom. The Morgan fingerprint density at radius 2 is 2.16 bits per heavy atom. The molecule has 0 bridgehead atoms. The number of anilines is 2. The second-order valence-electron chi connectivity index (χ2n) is 4.69. The summed E-state index contributed by atoms with van der Waals surface area (Å²) >= 11 is 0. The van der Waals surface area contributed by atoms with Crippen molar-refractivity contribution < 1.29 is 4.92 Å². The monoisotopic (exact) mass is 265 g/mol. The lowest BCUT2D eigenvalue weighted by molar-refractivity contribution is -0.384. The Morgan fingerprint density at radius 1 is 1.42 bits per heavy atom. The van der Waals surface area contributed by atoms with E-state index in [1.54, 1.807) is 0 Å². The van der Waals surface area contributed by atoms with Crippen LogP contribution in [0.1, 0.15) is 39.0 Å². The predicted molar refractivity (Wildman–Crippen MR) is 73.3 cm³/mol. The highest BCUT2D eigenvalue weighted by Crippen LogP contribution is 2.26. The van der Waals surface area contributed by atoms with Crippen molar-refractivity contribution in [3.8, 4) is 0 Å². The summed E-state index contributed by atoms with van der Waals surface area (Å²) in [6, 6.07) is 0.275. The zero-order chi connectivity index (χ0) is 13.7. The maximum atomic E-state index is 11.0. The standard InChI is InChI=1S/C12H19N5O2/c1-2-13-12-14-8-10(17(18)19)11(16-12)15-9-6-4-3-5-7-9/h8-9H,2-7H2,1H3,(H2,13,14,15,16). The lowest BCUT2D eigenvalue weighted by Crippen LogP contribution is -2.23. The lowest BCUT2D eigenvalue weighted by Gasteiger charge is -2.23. The van der Waals surface area contributed by atoms with Gasteiger partial charge in [0.15, 0.2) is 0 Å². The maximum Gasteiger partial charge on any atom is 0.329 e. The highest BCUT2D eigenvalue weighted by atomic mass is 16.6. The van der Waals surface area contributed by atoms with E-state index in [9.17, 15) is 10.1 Å². The van der Waals surface area contributed by atoms with Crippen LogP contribution in [-0.2, 0) is 0 Å². The Hall–Kier alpha value is -1.92. The molecule has 1 aromatic heterocycles. The molecule has 7 heteroatoms. The van der Waals surface area contributed by atoms with Gasteiger partial charge in [0, 0.05) is 12.6 Å². The van der Waals surface area contributed by atoms with Crippen LogP contribution >= 0.6 is 0 Å². The summed E-state index contributed by atoms with van der Waals surface area (Å²) in [4.78, 5) is 18.7. The molecule has 0 atom stereocenters. The van der Waals surface area contributed by atoms with Gasteiger partial charge < -0.3 is 10.6 Å². The number of rotatable bonds is 5. The number of nitrogens with one attached hydrogen (secondary N) is 2. The van der Waals surface area contributed by atoms with E-state index in [1.165, 1.54) is 12.6 Å². The predicted octanol–water partition coefficient (Wildman–Crippen LogP) is 2.56. The molecule has 0 aromatic carbocycles. The van der Waals surface area contributed by atoms with E-state index in [1.807, 2.05) is 6.92 Å². The fourth-order valence-electron chi connectivity index (χ4n) is 2.30. The third kappa shape index (κ3) is 3.52. The summed E-state index contributed by atoms with van der Waals surface area (Å²) in [6.45, 7) is 2.61. The minimum atomic E-state index is -0.444. The summed E-state index contributed by atoms with van der Waals surface area (Å²) in [5, 5.41) is 17.2. The molecule has 2 rings (SSSR count). The van der Waals surface area contributed by atoms with Gasteiger partial charge in [0.1, 0.15) is 6.20 Å². The molecule has 0 radical (unpaired) electrons. The Labute approximate surface area is 112 Å². The van der Waals surface area contributed by atoms with Gasteiger partial charge in [0.25, 0.3) is 0 Å². The van der Waals surface area contributed by atoms with Crippen LogP contribution in [0.25, 0.3) is 0 Å². The zero-order valence-corrected chi connectivity index (χ0v) is 11.1. The molecule has 2 N–H and O–H groups in total. The average Bonchev–Trinajstić information content (AvgIpc) is 2.40. The minimum absolute atomic E-state index is 0.0628. The fraction of sp³-hybridized carbons (Fsp3) is 0.667. The van der Waals surface area contributed by atoms with Gasteiger partial charge in [-0.05, 0) is 19.8 Å². The van der Waals surface area contributed by atoms with E-state index < -0.39 is 4.92 Å². The molecular formula is C12H19N5O2. The van der Waals surface area contributed by atoms with Crippen molar-refractivity contribution in [3.05, 3.63) is 16.3 Å². The molecule has 1 aliphatic rings. The quantitative estimate of drug-likeness (QED) is 0.627. The lowest BCUT2D eigenvalue weighted by atomic mass is 9.95. The van der Waals surface area contributed by atoms with Crippen molar-refractivity contribution in [2.24, 2.45) is 0 Å². The molecule has 0 aliphatic heterocycles. The zero-order valence-electron chi connectivity index (χ0n) is 11.1. The van der Waals surface area contributed by atoms with Crippen LogP contribution in [0.15, 0.2) is 6.20 Å². The number of nitrogens with zero attached hydrogens (tertiary/aromatic N) is 3. The van der Waals surface area contributed by atoms with E-state index in [0.717, 1.165) is 25.7 Å². The largest absolute Gasteiger partial charge is 0.361 e. The molecule has 0 saturated heterocycles. The molecule has 1 aromatic rings. The maximum absolute atomic E-state index is 11.0. The van der Waals surface area contributed by atoms with Gasteiger partial charge in [-0.15, -0.1) is 0 Å². The van der Waals surface area contributed by atoms with Gasteiger partial charge in [-0.3, -0.25) is 10.1 Å². The van der Waals surface area contributed by atoms with Crippen LogP contribution in [-0.4, -0.2) is 27.5 Å². The summed E-state index contributed by atoms with van der Waals surface area (Å²) < 4.78 is 0. The second kappa shape index (κ2) is 6.31. The SMILES string of the molecule is CCNc1ncc([N+](=O)[O-])c(NC2CCCCC2)n1. The topological polar surface area (TPSA) is 93.0 Å². The van der Waals surface area contributed by atoms with Crippen molar-refractivity contribution in [2.75, 3.05) is 17.2 Å². The average molecular weight is 265 g/mol. The summed E-state index contributed by atoms with van der Waals surface area (Å²) in [5.74, 6) is 0.745. The third-order valence-electron chi connectivity index (χ3n) is 3.25. The molecular weight excluding hydrogens is 246 g/mol. The highest BCUT2D eigenvalue weighted by molar-refractivity contribution is 5.57. The van der Waals surface area contributed by atoms with Crippen molar-refractivity contribution >= 4 is 17.5 Å². The van der Waals surface area contributed by atoms with E-state index in [4.69, 9.17) is 0 Å². The number of nitro groups is 1. The number of hydrogen-bond acceptors (Lipinski definition) is 6. The molecule has 1 heterocycles. The highest BCUT2D eigenvalue weighted by Gasteiger charge is 2.21. The Bertz CT molecular complexity index is 446. The molecule has 0 spiro atoms. The van der Waals surface area contributed by atoms with Crippen molar-refractivity contribution in [3.63, 3.8) is 0 Å². The third-order valence-corrected chi connectivity index (χ3v) is 3.25. The van der Waals surface area contributed by atoms with Crippen LogP contribution in [0, 0.1) is 10.1 Å². The summed E-state index contributed by atoms with van der Waals surface area (Å²) in [5.41, 5.74) is -0.0628.